The average molecular weight is 275 g/mol. The lowest BCUT2D eigenvalue weighted by Crippen LogP contribution is -2.57. The van der Waals surface area contributed by atoms with Crippen LogP contribution in [0.5, 0.6) is 0 Å². The van der Waals surface area contributed by atoms with Crippen molar-refractivity contribution < 1.29 is 0 Å². The molecule has 2 unspecified atom stereocenters. The molecule has 2 rings (SSSR count). The molecule has 0 radical (unpaired) electrons. The van der Waals surface area contributed by atoms with Gasteiger partial charge in [0.1, 0.15) is 0 Å². The lowest BCUT2D eigenvalue weighted by molar-refractivity contribution is 0.0882. The van der Waals surface area contributed by atoms with Crippen molar-refractivity contribution in [3.8, 4) is 0 Å². The van der Waals surface area contributed by atoms with E-state index in [1.54, 1.807) is 0 Å². The van der Waals surface area contributed by atoms with Gasteiger partial charge in [-0.05, 0) is 36.5 Å². The van der Waals surface area contributed by atoms with Crippen LogP contribution >= 0.6 is 0 Å². The highest BCUT2D eigenvalue weighted by Crippen LogP contribution is 2.20. The highest BCUT2D eigenvalue weighted by Gasteiger charge is 2.29. The van der Waals surface area contributed by atoms with Gasteiger partial charge in [0.25, 0.3) is 0 Å². The maximum atomic E-state index is 4.29. The molecule has 2 heterocycles. The van der Waals surface area contributed by atoms with Crippen molar-refractivity contribution in [1.82, 2.24) is 15.2 Å². The predicted molar refractivity (Wildman–Crippen MR) is 84.7 cm³/mol. The summed E-state index contributed by atoms with van der Waals surface area (Å²) in [4.78, 5) is 6.95. The zero-order valence-electron chi connectivity index (χ0n) is 13.4. The number of piperazine rings is 1. The zero-order chi connectivity index (χ0) is 14.5. The molecule has 0 aliphatic carbocycles. The summed E-state index contributed by atoms with van der Waals surface area (Å²) in [5.74, 6) is 0.682. The summed E-state index contributed by atoms with van der Waals surface area (Å²) in [7, 11) is 0. The molecule has 1 aliphatic heterocycles. The van der Waals surface area contributed by atoms with Gasteiger partial charge in [-0.3, -0.25) is 9.88 Å². The lowest BCUT2D eigenvalue weighted by atomic mass is 9.96. The molecule has 1 fully saturated rings. The first-order valence-corrected chi connectivity index (χ1v) is 7.98. The fourth-order valence-corrected chi connectivity index (χ4v) is 3.16. The summed E-state index contributed by atoms with van der Waals surface area (Å²) in [5, 5.41) is 3.72. The summed E-state index contributed by atoms with van der Waals surface area (Å²) < 4.78 is 0. The third kappa shape index (κ3) is 3.80. The van der Waals surface area contributed by atoms with Crippen molar-refractivity contribution in [2.45, 2.75) is 59.2 Å². The smallest absolute Gasteiger partial charge is 0.0315 e. The fourth-order valence-electron chi connectivity index (χ4n) is 3.16. The Balaban J connectivity index is 2.09. The number of rotatable bonds is 5. The first-order chi connectivity index (χ1) is 9.61. The van der Waals surface area contributed by atoms with Crippen LogP contribution in [0.2, 0.25) is 0 Å². The molecule has 20 heavy (non-hydrogen) atoms. The number of pyridine rings is 1. The van der Waals surface area contributed by atoms with Gasteiger partial charge < -0.3 is 5.32 Å². The second-order valence-electron chi connectivity index (χ2n) is 6.44. The van der Waals surface area contributed by atoms with Crippen LogP contribution in [-0.4, -0.2) is 35.1 Å². The van der Waals surface area contributed by atoms with Gasteiger partial charge in [-0.25, -0.2) is 0 Å². The molecule has 112 valence electrons. The van der Waals surface area contributed by atoms with Gasteiger partial charge in [0, 0.05) is 44.1 Å². The van der Waals surface area contributed by atoms with Crippen LogP contribution in [0.1, 0.15) is 44.7 Å². The molecular formula is C17H29N3. The molecule has 0 saturated carbocycles. The van der Waals surface area contributed by atoms with Crippen molar-refractivity contribution in [2.24, 2.45) is 5.92 Å². The van der Waals surface area contributed by atoms with Gasteiger partial charge in [-0.1, -0.05) is 27.2 Å². The molecule has 3 heteroatoms. The maximum Gasteiger partial charge on any atom is 0.0315 e. The topological polar surface area (TPSA) is 28.2 Å². The van der Waals surface area contributed by atoms with Crippen LogP contribution in [-0.2, 0) is 6.54 Å². The quantitative estimate of drug-likeness (QED) is 0.895. The van der Waals surface area contributed by atoms with E-state index in [4.69, 9.17) is 0 Å². The van der Waals surface area contributed by atoms with Crippen LogP contribution in [0.15, 0.2) is 18.5 Å². The van der Waals surface area contributed by atoms with E-state index in [9.17, 15) is 0 Å². The summed E-state index contributed by atoms with van der Waals surface area (Å²) in [5.41, 5.74) is 2.73. The fraction of sp³-hybridized carbons (Fsp3) is 0.706. The molecule has 0 amide bonds. The number of aromatic nitrogens is 1. The van der Waals surface area contributed by atoms with Gasteiger partial charge in [0.15, 0.2) is 0 Å². The van der Waals surface area contributed by atoms with E-state index in [2.05, 4.69) is 49.0 Å². The molecular weight excluding hydrogens is 246 g/mol. The molecule has 0 bridgehead atoms. The van der Waals surface area contributed by atoms with E-state index in [0.29, 0.717) is 18.0 Å². The average Bonchev–Trinajstić information content (AvgIpc) is 2.42. The Morgan fingerprint density at radius 3 is 2.90 bits per heavy atom. The van der Waals surface area contributed by atoms with Crippen molar-refractivity contribution in [3.05, 3.63) is 29.6 Å². The van der Waals surface area contributed by atoms with Crippen molar-refractivity contribution in [3.63, 3.8) is 0 Å². The molecule has 1 aliphatic rings. The van der Waals surface area contributed by atoms with Crippen LogP contribution < -0.4 is 5.32 Å². The monoisotopic (exact) mass is 275 g/mol. The second kappa shape index (κ2) is 7.19. The van der Waals surface area contributed by atoms with Gasteiger partial charge >= 0.3 is 0 Å². The second-order valence-corrected chi connectivity index (χ2v) is 6.44. The third-order valence-corrected chi connectivity index (χ3v) is 4.47. The molecule has 1 aromatic heterocycles. The third-order valence-electron chi connectivity index (χ3n) is 4.47. The van der Waals surface area contributed by atoms with Gasteiger partial charge in [-0.15, -0.1) is 0 Å². The summed E-state index contributed by atoms with van der Waals surface area (Å²) >= 11 is 0. The summed E-state index contributed by atoms with van der Waals surface area (Å²) in [6.45, 7) is 12.4. The Kier molecular flexibility index (Phi) is 5.55. The molecule has 1 saturated heterocycles. The molecule has 0 aromatic carbocycles. The first-order valence-electron chi connectivity index (χ1n) is 7.98. The van der Waals surface area contributed by atoms with Crippen molar-refractivity contribution in [1.29, 1.82) is 0 Å². The summed E-state index contributed by atoms with van der Waals surface area (Å²) in [6.07, 6.45) is 6.44. The van der Waals surface area contributed by atoms with Crippen LogP contribution in [0.3, 0.4) is 0 Å². The Morgan fingerprint density at radius 2 is 2.25 bits per heavy atom. The van der Waals surface area contributed by atoms with E-state index >= 15 is 0 Å². The van der Waals surface area contributed by atoms with E-state index in [1.165, 1.54) is 24.0 Å². The minimum Gasteiger partial charge on any atom is -0.311 e. The Labute approximate surface area is 123 Å². The number of aryl methyl sites for hydroxylation is 1. The van der Waals surface area contributed by atoms with Gasteiger partial charge in [-0.2, -0.15) is 0 Å². The van der Waals surface area contributed by atoms with E-state index in [-0.39, 0.29) is 0 Å². The SMILES string of the molecule is CCCC1CN(Cc2cnccc2C)C(C(C)C)CN1. The van der Waals surface area contributed by atoms with Crippen LogP contribution in [0, 0.1) is 12.8 Å². The van der Waals surface area contributed by atoms with Crippen molar-refractivity contribution in [2.75, 3.05) is 13.1 Å². The standard InChI is InChI=1S/C17H29N3/c1-5-6-16-12-20(17(10-19-16)13(2)3)11-15-9-18-8-7-14(15)4/h7-9,13,16-17,19H,5-6,10-12H2,1-4H3. The van der Waals surface area contributed by atoms with Crippen LogP contribution in [0.4, 0.5) is 0 Å². The lowest BCUT2D eigenvalue weighted by Gasteiger charge is -2.42. The number of nitrogens with zero attached hydrogens (tertiary/aromatic N) is 2. The number of nitrogens with one attached hydrogen (secondary N) is 1. The Hall–Kier alpha value is -0.930. The summed E-state index contributed by atoms with van der Waals surface area (Å²) in [6, 6.07) is 3.39. The minimum absolute atomic E-state index is 0.628. The Bertz CT molecular complexity index is 416. The number of hydrogen-bond donors (Lipinski definition) is 1. The minimum atomic E-state index is 0.628. The van der Waals surface area contributed by atoms with Gasteiger partial charge in [0.2, 0.25) is 0 Å². The maximum absolute atomic E-state index is 4.29. The largest absolute Gasteiger partial charge is 0.311 e. The molecule has 3 nitrogen and oxygen atoms in total. The zero-order valence-corrected chi connectivity index (χ0v) is 13.4. The van der Waals surface area contributed by atoms with Crippen LogP contribution in [0.25, 0.3) is 0 Å². The highest BCUT2D eigenvalue weighted by molar-refractivity contribution is 5.21. The Morgan fingerprint density at radius 1 is 1.45 bits per heavy atom. The predicted octanol–water partition coefficient (Wildman–Crippen LogP) is 2.99. The van der Waals surface area contributed by atoms with E-state index in [0.717, 1.165) is 19.6 Å². The first kappa shape index (κ1) is 15.5. The molecule has 1 N–H and O–H groups in total. The van der Waals surface area contributed by atoms with Gasteiger partial charge in [0.05, 0.1) is 0 Å². The normalized spacial score (nSPS) is 24.2. The van der Waals surface area contributed by atoms with E-state index in [1.807, 2.05) is 12.4 Å². The highest BCUT2D eigenvalue weighted by atomic mass is 15.2. The molecule has 0 spiro atoms. The van der Waals surface area contributed by atoms with Crippen molar-refractivity contribution >= 4 is 0 Å². The molecule has 1 aromatic rings. The van der Waals surface area contributed by atoms with E-state index < -0.39 is 0 Å². The number of hydrogen-bond acceptors (Lipinski definition) is 3. The molecule has 2 atom stereocenters.